The molecular weight excluding hydrogens is 298 g/mol. The maximum atomic E-state index is 12.9. The highest BCUT2D eigenvalue weighted by Gasteiger charge is 2.51. The van der Waals surface area contributed by atoms with Gasteiger partial charge in [0.2, 0.25) is 6.04 Å². The van der Waals surface area contributed by atoms with Crippen molar-refractivity contribution in [1.82, 2.24) is 0 Å². The van der Waals surface area contributed by atoms with Crippen molar-refractivity contribution in [1.29, 1.82) is 0 Å². The predicted octanol–water partition coefficient (Wildman–Crippen LogP) is 3.54. The minimum absolute atomic E-state index is 0.118. The van der Waals surface area contributed by atoms with E-state index in [2.05, 4.69) is 0 Å². The number of rotatable bonds is 5. The van der Waals surface area contributed by atoms with Gasteiger partial charge in [0.25, 0.3) is 0 Å². The minimum Gasteiger partial charge on any atom is -0.264 e. The van der Waals surface area contributed by atoms with E-state index in [1.165, 1.54) is 0 Å². The molecule has 0 radical (unpaired) electrons. The topological polar surface area (TPSA) is 60.2 Å². The van der Waals surface area contributed by atoms with Crippen molar-refractivity contribution >= 4 is 10.8 Å². The Kier molecular flexibility index (Phi) is 5.16. The van der Waals surface area contributed by atoms with Crippen molar-refractivity contribution in [2.75, 3.05) is 5.75 Å². The predicted molar refractivity (Wildman–Crippen MR) is 90.0 cm³/mol. The zero-order valence-corrected chi connectivity index (χ0v) is 14.1. The van der Waals surface area contributed by atoms with Gasteiger partial charge in [-0.1, -0.05) is 56.3 Å². The third-order valence-electron chi connectivity index (χ3n) is 4.60. The summed E-state index contributed by atoms with van der Waals surface area (Å²) < 4.78 is 12.1. The Labute approximate surface area is 134 Å². The molecule has 0 aliphatic heterocycles. The van der Waals surface area contributed by atoms with Gasteiger partial charge >= 0.3 is 0 Å². The second-order valence-corrected chi connectivity index (χ2v) is 8.32. The highest BCUT2D eigenvalue weighted by Crippen LogP contribution is 2.36. The van der Waals surface area contributed by atoms with Crippen molar-refractivity contribution in [2.45, 2.75) is 43.9 Å². The van der Waals surface area contributed by atoms with Gasteiger partial charge in [-0.25, -0.2) is 0 Å². The summed E-state index contributed by atoms with van der Waals surface area (Å²) in [6.07, 6.45) is 4.31. The molecule has 1 aliphatic carbocycles. The van der Waals surface area contributed by atoms with Crippen LogP contribution in [0.1, 0.15) is 38.7 Å². The first kappa shape index (κ1) is 16.9. The molecule has 0 heterocycles. The summed E-state index contributed by atoms with van der Waals surface area (Å²) in [5, 5.41) is 11.5. The van der Waals surface area contributed by atoms with Gasteiger partial charge in [0.15, 0.2) is 0 Å². The third kappa shape index (κ3) is 3.29. The molecule has 1 aromatic carbocycles. The first-order valence-electron chi connectivity index (χ1n) is 7.60. The Hall–Kier alpha value is -1.49. The Balaban J connectivity index is 2.20. The fraction of sp³-hybridized carbons (Fsp3) is 0.529. The summed E-state index contributed by atoms with van der Waals surface area (Å²) in [6.45, 7) is 5.66. The number of hydrogen-bond acceptors (Lipinski definition) is 3. The van der Waals surface area contributed by atoms with Crippen molar-refractivity contribution < 1.29 is 9.13 Å². The highest BCUT2D eigenvalue weighted by atomic mass is 32.2. The van der Waals surface area contributed by atoms with E-state index in [1.807, 2.05) is 56.3 Å². The van der Waals surface area contributed by atoms with E-state index < -0.39 is 21.6 Å². The number of allylic oxidation sites excluding steroid dienone is 1. The first-order chi connectivity index (χ1) is 10.4. The molecule has 0 amide bonds. The van der Waals surface area contributed by atoms with Gasteiger partial charge in [-0.15, -0.1) is 0 Å². The van der Waals surface area contributed by atoms with Crippen LogP contribution < -0.4 is 0 Å². The van der Waals surface area contributed by atoms with Crippen LogP contribution >= 0.6 is 0 Å². The Morgan fingerprint density at radius 3 is 2.64 bits per heavy atom. The molecule has 0 aromatic heterocycles. The van der Waals surface area contributed by atoms with Gasteiger partial charge in [0.1, 0.15) is 4.75 Å². The molecule has 0 unspecified atom stereocenters. The zero-order valence-electron chi connectivity index (χ0n) is 13.3. The monoisotopic (exact) mass is 321 g/mol. The quantitative estimate of drug-likeness (QED) is 0.473. The van der Waals surface area contributed by atoms with Crippen molar-refractivity contribution in [2.24, 2.45) is 5.92 Å². The number of nitrogens with zero attached hydrogens (tertiary/aromatic N) is 1. The van der Waals surface area contributed by atoms with Gasteiger partial charge < -0.3 is 0 Å². The summed E-state index contributed by atoms with van der Waals surface area (Å²) in [5.74, 6) is 0.378. The molecule has 1 aromatic rings. The van der Waals surface area contributed by atoms with Crippen LogP contribution in [-0.2, 0) is 10.8 Å². The minimum atomic E-state index is -1.27. The van der Waals surface area contributed by atoms with E-state index in [1.54, 1.807) is 6.92 Å². The summed E-state index contributed by atoms with van der Waals surface area (Å²) in [7, 11) is -1.27. The zero-order chi connectivity index (χ0) is 16.3. The van der Waals surface area contributed by atoms with Crippen LogP contribution in [0.15, 0.2) is 42.5 Å². The Bertz CT molecular complexity index is 587. The molecule has 120 valence electrons. The number of nitro groups is 1. The molecule has 0 spiro atoms. The lowest BCUT2D eigenvalue weighted by Gasteiger charge is -2.36. The van der Waals surface area contributed by atoms with Gasteiger partial charge in [0, 0.05) is 27.4 Å². The molecule has 2 rings (SSSR count). The van der Waals surface area contributed by atoms with Crippen molar-refractivity contribution in [3.8, 4) is 0 Å². The number of benzene rings is 1. The first-order valence-corrected chi connectivity index (χ1v) is 8.91. The average Bonchev–Trinajstić information content (AvgIpc) is 2.47. The molecule has 5 heteroatoms. The van der Waals surface area contributed by atoms with Crippen LogP contribution in [0.2, 0.25) is 0 Å². The molecule has 5 atom stereocenters. The van der Waals surface area contributed by atoms with Gasteiger partial charge in [0.05, 0.1) is 0 Å². The molecule has 0 saturated heterocycles. The molecule has 22 heavy (non-hydrogen) atoms. The molecular formula is C17H23NO3S. The van der Waals surface area contributed by atoms with E-state index in [0.29, 0.717) is 12.2 Å². The molecule has 0 saturated carbocycles. The highest BCUT2D eigenvalue weighted by molar-refractivity contribution is 7.86. The lowest BCUT2D eigenvalue weighted by Crippen LogP contribution is -2.53. The Morgan fingerprint density at radius 2 is 2.05 bits per heavy atom. The summed E-state index contributed by atoms with van der Waals surface area (Å²) in [4.78, 5) is 11.2. The molecule has 0 N–H and O–H groups in total. The van der Waals surface area contributed by atoms with E-state index in [4.69, 9.17) is 0 Å². The second kappa shape index (κ2) is 6.73. The normalized spacial score (nSPS) is 30.7. The van der Waals surface area contributed by atoms with Crippen LogP contribution in [0.3, 0.4) is 0 Å². The van der Waals surface area contributed by atoms with Crippen molar-refractivity contribution in [3.63, 3.8) is 0 Å². The fourth-order valence-corrected chi connectivity index (χ4v) is 5.12. The van der Waals surface area contributed by atoms with E-state index in [-0.39, 0.29) is 16.8 Å². The van der Waals surface area contributed by atoms with Crippen LogP contribution in [-0.4, -0.2) is 25.7 Å². The van der Waals surface area contributed by atoms with Crippen molar-refractivity contribution in [3.05, 3.63) is 58.2 Å². The van der Waals surface area contributed by atoms with Gasteiger partial charge in [-0.2, -0.15) is 0 Å². The largest absolute Gasteiger partial charge is 0.264 e. The molecule has 0 fully saturated rings. The molecule has 4 nitrogen and oxygen atoms in total. The third-order valence-corrected chi connectivity index (χ3v) is 6.85. The van der Waals surface area contributed by atoms with E-state index in [9.17, 15) is 14.3 Å². The second-order valence-electron chi connectivity index (χ2n) is 6.36. The maximum absolute atomic E-state index is 12.9. The lowest BCUT2D eigenvalue weighted by atomic mass is 9.83. The average molecular weight is 321 g/mol. The Morgan fingerprint density at radius 1 is 1.41 bits per heavy atom. The van der Waals surface area contributed by atoms with E-state index >= 15 is 0 Å². The summed E-state index contributed by atoms with van der Waals surface area (Å²) in [5.41, 5.74) is 1.12. The maximum Gasteiger partial charge on any atom is 0.235 e. The number of hydrogen-bond donors (Lipinski definition) is 0. The van der Waals surface area contributed by atoms with Gasteiger partial charge in [-0.05, 0) is 24.8 Å². The standard InChI is InChI=1S/C17H23NO3S/c1-13-8-7-11-17(3,16(13)18(19)20)22(21)12-14(2)15-9-5-4-6-10-15/h4-10,13-14,16H,11-12H2,1-3H3/t13-,14-,16+,17+,22+/m1/s1. The van der Waals surface area contributed by atoms with Crippen LogP contribution in [0.25, 0.3) is 0 Å². The van der Waals surface area contributed by atoms with E-state index in [0.717, 1.165) is 5.56 Å². The summed E-state index contributed by atoms with van der Waals surface area (Å²) in [6, 6.07) is 9.10. The van der Waals surface area contributed by atoms with Crippen LogP contribution in [0.5, 0.6) is 0 Å². The fourth-order valence-electron chi connectivity index (χ4n) is 3.24. The van der Waals surface area contributed by atoms with Crippen LogP contribution in [0, 0.1) is 16.0 Å². The SMILES string of the molecule is C[C@H](C[S@](=O)[C@@]1(C)CC=C[C@@H](C)[C@@H]1[N+](=O)[O-])c1ccccc1. The molecule has 1 aliphatic rings. The summed E-state index contributed by atoms with van der Waals surface area (Å²) >= 11 is 0. The smallest absolute Gasteiger partial charge is 0.235 e. The lowest BCUT2D eigenvalue weighted by molar-refractivity contribution is -0.535. The van der Waals surface area contributed by atoms with Crippen LogP contribution in [0.4, 0.5) is 0 Å². The van der Waals surface area contributed by atoms with Gasteiger partial charge in [-0.3, -0.25) is 14.3 Å². The molecule has 0 bridgehead atoms.